The maximum atomic E-state index is 9.81. The van der Waals surface area contributed by atoms with Gasteiger partial charge in [0.25, 0.3) is 0 Å². The molecule has 0 fully saturated rings. The van der Waals surface area contributed by atoms with Gasteiger partial charge in [0.2, 0.25) is 0 Å². The van der Waals surface area contributed by atoms with E-state index >= 15 is 0 Å². The normalized spacial score (nSPS) is 11.3. The van der Waals surface area contributed by atoms with Crippen LogP contribution in [0.15, 0.2) is 48.5 Å². The number of fused-ring (bicyclic) bond motifs is 1. The highest BCUT2D eigenvalue weighted by Crippen LogP contribution is 2.29. The Morgan fingerprint density at radius 2 is 1.86 bits per heavy atom. The van der Waals surface area contributed by atoms with E-state index in [4.69, 9.17) is 4.74 Å². The standard InChI is InChI=1S/C19H21NO2/c1-13(2)20-16(11-15-9-8-14(3)10-17(15)20)12-22-19-7-5-4-6-18(19)21/h4-11,13,21H,12H2,1-3H3. The monoisotopic (exact) mass is 295 g/mol. The van der Waals surface area contributed by atoms with Crippen LogP contribution in [0.3, 0.4) is 0 Å². The fraction of sp³-hybridized carbons (Fsp3) is 0.263. The zero-order chi connectivity index (χ0) is 15.7. The maximum Gasteiger partial charge on any atom is 0.161 e. The second-order valence-corrected chi connectivity index (χ2v) is 5.92. The van der Waals surface area contributed by atoms with Crippen LogP contribution in [0.5, 0.6) is 11.5 Å². The first-order chi connectivity index (χ1) is 10.6. The molecule has 3 rings (SSSR count). The molecule has 2 aromatic carbocycles. The number of benzene rings is 2. The van der Waals surface area contributed by atoms with Crippen LogP contribution in [-0.4, -0.2) is 9.67 Å². The molecule has 1 aromatic heterocycles. The molecule has 0 aliphatic rings. The molecule has 0 spiro atoms. The zero-order valence-electron chi connectivity index (χ0n) is 13.2. The Morgan fingerprint density at radius 3 is 2.59 bits per heavy atom. The summed E-state index contributed by atoms with van der Waals surface area (Å²) in [5.41, 5.74) is 3.59. The van der Waals surface area contributed by atoms with Gasteiger partial charge in [0, 0.05) is 16.9 Å². The summed E-state index contributed by atoms with van der Waals surface area (Å²) in [6, 6.07) is 16.1. The summed E-state index contributed by atoms with van der Waals surface area (Å²) in [6.07, 6.45) is 0. The van der Waals surface area contributed by atoms with Gasteiger partial charge in [-0.15, -0.1) is 0 Å². The molecule has 114 valence electrons. The summed E-state index contributed by atoms with van der Waals surface area (Å²) in [5.74, 6) is 0.685. The van der Waals surface area contributed by atoms with Crippen molar-refractivity contribution < 1.29 is 9.84 Å². The Bertz CT molecular complexity index is 802. The van der Waals surface area contributed by atoms with E-state index in [1.54, 1.807) is 18.2 Å². The molecule has 0 amide bonds. The van der Waals surface area contributed by atoms with E-state index in [0.29, 0.717) is 18.4 Å². The topological polar surface area (TPSA) is 34.4 Å². The van der Waals surface area contributed by atoms with Gasteiger partial charge in [-0.1, -0.05) is 24.3 Å². The largest absolute Gasteiger partial charge is 0.504 e. The van der Waals surface area contributed by atoms with Crippen LogP contribution in [0.1, 0.15) is 31.1 Å². The van der Waals surface area contributed by atoms with Crippen LogP contribution >= 0.6 is 0 Å². The highest BCUT2D eigenvalue weighted by Gasteiger charge is 2.12. The average Bonchev–Trinajstić information content (AvgIpc) is 2.84. The van der Waals surface area contributed by atoms with Crippen molar-refractivity contribution in [1.82, 2.24) is 4.57 Å². The molecule has 0 bridgehead atoms. The molecule has 0 unspecified atom stereocenters. The predicted octanol–water partition coefficient (Wildman–Crippen LogP) is 4.82. The first-order valence-corrected chi connectivity index (χ1v) is 7.57. The van der Waals surface area contributed by atoms with Gasteiger partial charge in [-0.25, -0.2) is 0 Å². The molecule has 3 heteroatoms. The van der Waals surface area contributed by atoms with Gasteiger partial charge in [0.15, 0.2) is 11.5 Å². The average molecular weight is 295 g/mol. The summed E-state index contributed by atoms with van der Waals surface area (Å²) in [7, 11) is 0. The predicted molar refractivity (Wildman–Crippen MR) is 89.5 cm³/mol. The van der Waals surface area contributed by atoms with Crippen molar-refractivity contribution >= 4 is 10.9 Å². The molecule has 0 saturated carbocycles. The molecule has 3 nitrogen and oxygen atoms in total. The first kappa shape index (κ1) is 14.5. The number of aromatic nitrogens is 1. The number of phenols is 1. The van der Waals surface area contributed by atoms with Crippen molar-refractivity contribution in [2.75, 3.05) is 0 Å². The van der Waals surface area contributed by atoms with Crippen LogP contribution in [0.2, 0.25) is 0 Å². The summed E-state index contributed by atoms with van der Waals surface area (Å²) >= 11 is 0. The van der Waals surface area contributed by atoms with E-state index in [0.717, 1.165) is 5.69 Å². The minimum absolute atomic E-state index is 0.172. The molecule has 0 aliphatic carbocycles. The molecule has 3 aromatic rings. The van der Waals surface area contributed by atoms with E-state index in [2.05, 4.69) is 49.6 Å². The Hall–Kier alpha value is -2.42. The van der Waals surface area contributed by atoms with Crippen molar-refractivity contribution in [2.24, 2.45) is 0 Å². The highest BCUT2D eigenvalue weighted by atomic mass is 16.5. The zero-order valence-corrected chi connectivity index (χ0v) is 13.2. The third-order valence-corrected chi connectivity index (χ3v) is 3.83. The minimum atomic E-state index is 0.172. The summed E-state index contributed by atoms with van der Waals surface area (Å²) in [5, 5.41) is 11.0. The van der Waals surface area contributed by atoms with Crippen molar-refractivity contribution in [3.05, 3.63) is 59.8 Å². The highest BCUT2D eigenvalue weighted by molar-refractivity contribution is 5.82. The lowest BCUT2D eigenvalue weighted by Crippen LogP contribution is -2.08. The quantitative estimate of drug-likeness (QED) is 0.749. The van der Waals surface area contributed by atoms with Crippen molar-refractivity contribution in [2.45, 2.75) is 33.4 Å². The van der Waals surface area contributed by atoms with Gasteiger partial charge < -0.3 is 14.4 Å². The summed E-state index contributed by atoms with van der Waals surface area (Å²) in [6.45, 7) is 6.88. The number of aromatic hydroxyl groups is 1. The molecular weight excluding hydrogens is 274 g/mol. The van der Waals surface area contributed by atoms with E-state index in [1.807, 2.05) is 6.07 Å². The first-order valence-electron chi connectivity index (χ1n) is 7.57. The van der Waals surface area contributed by atoms with Gasteiger partial charge in [0.05, 0.1) is 5.69 Å². The van der Waals surface area contributed by atoms with Crippen LogP contribution in [0.4, 0.5) is 0 Å². The second kappa shape index (κ2) is 5.76. The Labute approximate surface area is 130 Å². The molecule has 0 saturated heterocycles. The van der Waals surface area contributed by atoms with Crippen LogP contribution in [-0.2, 0) is 6.61 Å². The lowest BCUT2D eigenvalue weighted by molar-refractivity contribution is 0.278. The SMILES string of the molecule is Cc1ccc2cc(COc3ccccc3O)n(C(C)C)c2c1. The number of aryl methyl sites for hydroxylation is 1. The van der Waals surface area contributed by atoms with Gasteiger partial charge in [-0.05, 0) is 50.6 Å². The number of rotatable bonds is 4. The minimum Gasteiger partial charge on any atom is -0.504 e. The summed E-state index contributed by atoms with van der Waals surface area (Å²) in [4.78, 5) is 0. The fourth-order valence-electron chi connectivity index (χ4n) is 2.84. The Morgan fingerprint density at radius 1 is 1.09 bits per heavy atom. The van der Waals surface area contributed by atoms with Crippen molar-refractivity contribution in [1.29, 1.82) is 0 Å². The third-order valence-electron chi connectivity index (χ3n) is 3.83. The molecule has 0 aliphatic heterocycles. The lowest BCUT2D eigenvalue weighted by atomic mass is 10.2. The molecule has 0 radical (unpaired) electrons. The Balaban J connectivity index is 1.96. The van der Waals surface area contributed by atoms with Gasteiger partial charge >= 0.3 is 0 Å². The van der Waals surface area contributed by atoms with E-state index < -0.39 is 0 Å². The van der Waals surface area contributed by atoms with E-state index in [1.165, 1.54) is 16.5 Å². The number of ether oxygens (including phenoxy) is 1. The number of hydrogen-bond donors (Lipinski definition) is 1. The smallest absolute Gasteiger partial charge is 0.161 e. The third kappa shape index (κ3) is 2.67. The van der Waals surface area contributed by atoms with E-state index in [9.17, 15) is 5.11 Å². The Kier molecular flexibility index (Phi) is 3.80. The van der Waals surface area contributed by atoms with Crippen LogP contribution < -0.4 is 4.74 Å². The molecule has 22 heavy (non-hydrogen) atoms. The maximum absolute atomic E-state index is 9.81. The fourth-order valence-corrected chi connectivity index (χ4v) is 2.84. The van der Waals surface area contributed by atoms with Crippen molar-refractivity contribution in [3.8, 4) is 11.5 Å². The molecule has 0 atom stereocenters. The number of phenolic OH excluding ortho intramolecular Hbond substituents is 1. The molecule has 1 heterocycles. The number of hydrogen-bond acceptors (Lipinski definition) is 2. The van der Waals surface area contributed by atoms with Crippen LogP contribution in [0.25, 0.3) is 10.9 Å². The molecular formula is C19H21NO2. The van der Waals surface area contributed by atoms with Gasteiger partial charge in [-0.2, -0.15) is 0 Å². The summed E-state index contributed by atoms with van der Waals surface area (Å²) < 4.78 is 8.10. The lowest BCUT2D eigenvalue weighted by Gasteiger charge is -2.16. The van der Waals surface area contributed by atoms with E-state index in [-0.39, 0.29) is 5.75 Å². The molecule has 1 N–H and O–H groups in total. The van der Waals surface area contributed by atoms with Gasteiger partial charge in [0.1, 0.15) is 6.61 Å². The second-order valence-electron chi connectivity index (χ2n) is 5.92. The van der Waals surface area contributed by atoms with Crippen LogP contribution in [0, 0.1) is 6.92 Å². The number of para-hydroxylation sites is 2. The number of nitrogens with zero attached hydrogens (tertiary/aromatic N) is 1. The van der Waals surface area contributed by atoms with Crippen molar-refractivity contribution in [3.63, 3.8) is 0 Å². The van der Waals surface area contributed by atoms with Gasteiger partial charge in [-0.3, -0.25) is 0 Å².